The van der Waals surface area contributed by atoms with Crippen molar-refractivity contribution in [2.75, 3.05) is 21.0 Å². The first-order valence-electron chi connectivity index (χ1n) is 4.91. The number of carbonyl (C=O) groups excluding carboxylic acids is 1. The molecule has 0 amide bonds. The van der Waals surface area contributed by atoms with Gasteiger partial charge in [-0.15, -0.1) is 0 Å². The molecule has 1 N–H and O–H groups in total. The van der Waals surface area contributed by atoms with E-state index in [-0.39, 0.29) is 12.4 Å². The number of esters is 1. The Hall–Kier alpha value is -1.95. The van der Waals surface area contributed by atoms with Gasteiger partial charge in [-0.1, -0.05) is 0 Å². The van der Waals surface area contributed by atoms with Crippen LogP contribution in [0.3, 0.4) is 0 Å². The minimum absolute atomic E-state index is 0.0450. The highest BCUT2D eigenvalue weighted by molar-refractivity contribution is 5.79. The van der Waals surface area contributed by atoms with Crippen LogP contribution in [-0.2, 0) is 9.53 Å². The standard InChI is InChI=1S/C11H12O6/c1-14-6-3-4-7-10(17-5-16-7)8(6)9(12)11(13)15-2/h3-4,9,12H,5H2,1-2H3. The average molecular weight is 240 g/mol. The summed E-state index contributed by atoms with van der Waals surface area (Å²) in [5.41, 5.74) is 0.217. The number of methoxy groups -OCH3 is 2. The third kappa shape index (κ3) is 1.87. The second-order valence-corrected chi connectivity index (χ2v) is 3.34. The van der Waals surface area contributed by atoms with Crippen molar-refractivity contribution in [1.82, 2.24) is 0 Å². The van der Waals surface area contributed by atoms with Crippen LogP contribution in [0.2, 0.25) is 0 Å². The lowest BCUT2D eigenvalue weighted by Crippen LogP contribution is -2.15. The molecule has 0 radical (unpaired) electrons. The monoisotopic (exact) mass is 240 g/mol. The summed E-state index contributed by atoms with van der Waals surface area (Å²) < 4.78 is 19.9. The summed E-state index contributed by atoms with van der Waals surface area (Å²) in [6.45, 7) is 0.0450. The lowest BCUT2D eigenvalue weighted by Gasteiger charge is -2.14. The number of fused-ring (bicyclic) bond motifs is 1. The van der Waals surface area contributed by atoms with Gasteiger partial charge in [0, 0.05) is 0 Å². The van der Waals surface area contributed by atoms with Crippen molar-refractivity contribution in [2.45, 2.75) is 6.10 Å². The zero-order valence-corrected chi connectivity index (χ0v) is 9.43. The van der Waals surface area contributed by atoms with Gasteiger partial charge in [0.05, 0.1) is 19.8 Å². The Labute approximate surface area is 97.7 Å². The number of hydrogen-bond acceptors (Lipinski definition) is 6. The van der Waals surface area contributed by atoms with Crippen molar-refractivity contribution < 1.29 is 28.8 Å². The molecule has 0 aliphatic carbocycles. The summed E-state index contributed by atoms with van der Waals surface area (Å²) in [4.78, 5) is 11.4. The second-order valence-electron chi connectivity index (χ2n) is 3.34. The van der Waals surface area contributed by atoms with E-state index in [0.717, 1.165) is 0 Å². The van der Waals surface area contributed by atoms with Gasteiger partial charge in [-0.05, 0) is 12.1 Å². The fraction of sp³-hybridized carbons (Fsp3) is 0.364. The zero-order valence-electron chi connectivity index (χ0n) is 9.43. The van der Waals surface area contributed by atoms with Crippen LogP contribution < -0.4 is 14.2 Å². The van der Waals surface area contributed by atoms with Crippen molar-refractivity contribution in [3.8, 4) is 17.2 Å². The molecular weight excluding hydrogens is 228 g/mol. The number of hydrogen-bond donors (Lipinski definition) is 1. The summed E-state index contributed by atoms with van der Waals surface area (Å²) in [5, 5.41) is 9.88. The zero-order chi connectivity index (χ0) is 12.4. The first-order valence-corrected chi connectivity index (χ1v) is 4.91. The van der Waals surface area contributed by atoms with Crippen LogP contribution >= 0.6 is 0 Å². The van der Waals surface area contributed by atoms with E-state index in [1.54, 1.807) is 12.1 Å². The van der Waals surface area contributed by atoms with Crippen LogP contribution in [0, 0.1) is 0 Å². The molecule has 6 nitrogen and oxygen atoms in total. The van der Waals surface area contributed by atoms with Crippen LogP contribution in [0.4, 0.5) is 0 Å². The molecule has 6 heteroatoms. The van der Waals surface area contributed by atoms with E-state index in [2.05, 4.69) is 4.74 Å². The highest BCUT2D eigenvalue weighted by atomic mass is 16.7. The van der Waals surface area contributed by atoms with Crippen molar-refractivity contribution in [1.29, 1.82) is 0 Å². The highest BCUT2D eigenvalue weighted by Crippen LogP contribution is 2.44. The van der Waals surface area contributed by atoms with Crippen LogP contribution in [0.1, 0.15) is 11.7 Å². The Morgan fingerprint density at radius 3 is 2.82 bits per heavy atom. The molecule has 17 heavy (non-hydrogen) atoms. The summed E-state index contributed by atoms with van der Waals surface area (Å²) >= 11 is 0. The molecule has 92 valence electrons. The van der Waals surface area contributed by atoms with E-state index in [9.17, 15) is 9.90 Å². The molecule has 1 aromatic rings. The van der Waals surface area contributed by atoms with E-state index >= 15 is 0 Å². The van der Waals surface area contributed by atoms with Crippen LogP contribution in [0.25, 0.3) is 0 Å². The van der Waals surface area contributed by atoms with E-state index in [4.69, 9.17) is 14.2 Å². The molecule has 1 aliphatic rings. The minimum atomic E-state index is -1.47. The average Bonchev–Trinajstić information content (AvgIpc) is 2.83. The van der Waals surface area contributed by atoms with E-state index < -0.39 is 12.1 Å². The molecule has 0 bridgehead atoms. The Morgan fingerprint density at radius 1 is 1.41 bits per heavy atom. The van der Waals surface area contributed by atoms with E-state index in [1.807, 2.05) is 0 Å². The van der Waals surface area contributed by atoms with Gasteiger partial charge in [0.1, 0.15) is 5.75 Å². The molecule has 0 fully saturated rings. The molecule has 1 heterocycles. The molecule has 1 atom stereocenters. The second kappa shape index (κ2) is 4.50. The Bertz CT molecular complexity index is 442. The van der Waals surface area contributed by atoms with Crippen molar-refractivity contribution in [3.05, 3.63) is 17.7 Å². The number of benzene rings is 1. The molecule has 0 saturated heterocycles. The van der Waals surface area contributed by atoms with Crippen molar-refractivity contribution in [3.63, 3.8) is 0 Å². The van der Waals surface area contributed by atoms with Crippen LogP contribution in [-0.4, -0.2) is 32.1 Å². The van der Waals surface area contributed by atoms with Crippen molar-refractivity contribution >= 4 is 5.97 Å². The predicted molar refractivity (Wildman–Crippen MR) is 56.1 cm³/mol. The molecule has 0 aromatic heterocycles. The lowest BCUT2D eigenvalue weighted by molar-refractivity contribution is -0.150. The fourth-order valence-corrected chi connectivity index (χ4v) is 1.64. The number of aliphatic hydroxyl groups is 1. The molecule has 0 spiro atoms. The number of rotatable bonds is 3. The maximum Gasteiger partial charge on any atom is 0.339 e. The van der Waals surface area contributed by atoms with Crippen LogP contribution in [0.15, 0.2) is 12.1 Å². The molecule has 1 aromatic carbocycles. The quantitative estimate of drug-likeness (QED) is 0.781. The first-order chi connectivity index (χ1) is 8.19. The summed E-state index contributed by atoms with van der Waals surface area (Å²) in [7, 11) is 2.63. The lowest BCUT2D eigenvalue weighted by atomic mass is 10.1. The number of aliphatic hydroxyl groups excluding tert-OH is 1. The maximum atomic E-state index is 11.4. The predicted octanol–water partition coefficient (Wildman–Crippen LogP) is 0.630. The third-order valence-corrected chi connectivity index (χ3v) is 2.46. The molecule has 0 saturated carbocycles. The Morgan fingerprint density at radius 2 is 2.18 bits per heavy atom. The highest BCUT2D eigenvalue weighted by Gasteiger charge is 2.31. The van der Waals surface area contributed by atoms with Gasteiger partial charge in [-0.2, -0.15) is 0 Å². The fourth-order valence-electron chi connectivity index (χ4n) is 1.64. The van der Waals surface area contributed by atoms with Gasteiger partial charge in [0.25, 0.3) is 0 Å². The SMILES string of the molecule is COC(=O)C(O)c1c(OC)ccc2c1OCO2. The summed E-state index contributed by atoms with van der Waals surface area (Å²) in [5.74, 6) is 0.324. The number of carbonyl (C=O) groups is 1. The first kappa shape index (κ1) is 11.5. The minimum Gasteiger partial charge on any atom is -0.496 e. The maximum absolute atomic E-state index is 11.4. The Kier molecular flexibility index (Phi) is 3.06. The van der Waals surface area contributed by atoms with Gasteiger partial charge in [-0.3, -0.25) is 0 Å². The third-order valence-electron chi connectivity index (χ3n) is 2.46. The van der Waals surface area contributed by atoms with E-state index in [0.29, 0.717) is 17.2 Å². The molecule has 2 rings (SSSR count). The molecule has 1 unspecified atom stereocenters. The van der Waals surface area contributed by atoms with Gasteiger partial charge < -0.3 is 24.1 Å². The number of ether oxygens (including phenoxy) is 4. The van der Waals surface area contributed by atoms with Gasteiger partial charge >= 0.3 is 5.97 Å². The van der Waals surface area contributed by atoms with E-state index in [1.165, 1.54) is 14.2 Å². The van der Waals surface area contributed by atoms with Gasteiger partial charge in [0.2, 0.25) is 6.79 Å². The van der Waals surface area contributed by atoms with Crippen molar-refractivity contribution in [2.24, 2.45) is 0 Å². The smallest absolute Gasteiger partial charge is 0.339 e. The largest absolute Gasteiger partial charge is 0.496 e. The molecule has 1 aliphatic heterocycles. The van der Waals surface area contributed by atoms with Crippen LogP contribution in [0.5, 0.6) is 17.2 Å². The Balaban J connectivity index is 2.50. The molecular formula is C11H12O6. The topological polar surface area (TPSA) is 74.2 Å². The normalized spacial score (nSPS) is 14.3. The van der Waals surface area contributed by atoms with Gasteiger partial charge in [-0.25, -0.2) is 4.79 Å². The summed E-state index contributed by atoms with van der Waals surface area (Å²) in [6.07, 6.45) is -1.47. The van der Waals surface area contributed by atoms with Gasteiger partial charge in [0.15, 0.2) is 17.6 Å². The summed E-state index contributed by atoms with van der Waals surface area (Å²) in [6, 6.07) is 3.24.